The monoisotopic (exact) mass is 255 g/mol. The second-order valence-electron chi connectivity index (χ2n) is 5.80. The number of rotatable bonds is 4. The minimum atomic E-state index is -0.601. The van der Waals surface area contributed by atoms with E-state index in [4.69, 9.17) is 4.74 Å². The SMILES string of the molecule is CCC1(C(=O)O)CCN(CC2CCOCC2)CC1. The lowest BCUT2D eigenvalue weighted by Gasteiger charge is -2.40. The summed E-state index contributed by atoms with van der Waals surface area (Å²) in [4.78, 5) is 13.8. The van der Waals surface area contributed by atoms with Crippen LogP contribution in [0, 0.1) is 11.3 Å². The number of nitrogens with zero attached hydrogens (tertiary/aromatic N) is 1. The largest absolute Gasteiger partial charge is 0.481 e. The molecule has 0 aromatic carbocycles. The van der Waals surface area contributed by atoms with E-state index in [-0.39, 0.29) is 0 Å². The van der Waals surface area contributed by atoms with Crippen LogP contribution in [-0.4, -0.2) is 48.8 Å². The maximum absolute atomic E-state index is 11.4. The molecule has 0 aromatic heterocycles. The van der Waals surface area contributed by atoms with E-state index in [1.54, 1.807) is 0 Å². The summed E-state index contributed by atoms with van der Waals surface area (Å²) in [6.45, 7) is 6.80. The van der Waals surface area contributed by atoms with Crippen molar-refractivity contribution < 1.29 is 14.6 Å². The van der Waals surface area contributed by atoms with Gasteiger partial charge in [-0.25, -0.2) is 0 Å². The number of carboxylic acid groups (broad SMARTS) is 1. The van der Waals surface area contributed by atoms with Crippen LogP contribution < -0.4 is 0 Å². The van der Waals surface area contributed by atoms with Gasteiger partial charge in [-0.1, -0.05) is 6.92 Å². The molecule has 2 aliphatic rings. The lowest BCUT2D eigenvalue weighted by molar-refractivity contribution is -0.152. The summed E-state index contributed by atoms with van der Waals surface area (Å²) in [7, 11) is 0. The van der Waals surface area contributed by atoms with Gasteiger partial charge in [0.1, 0.15) is 0 Å². The summed E-state index contributed by atoms with van der Waals surface area (Å²) < 4.78 is 5.37. The van der Waals surface area contributed by atoms with Crippen molar-refractivity contribution in [3.05, 3.63) is 0 Å². The smallest absolute Gasteiger partial charge is 0.309 e. The van der Waals surface area contributed by atoms with Gasteiger partial charge in [0, 0.05) is 19.8 Å². The maximum atomic E-state index is 11.4. The number of ether oxygens (including phenoxy) is 1. The predicted molar refractivity (Wildman–Crippen MR) is 69.6 cm³/mol. The van der Waals surface area contributed by atoms with Crippen LogP contribution >= 0.6 is 0 Å². The molecule has 1 N–H and O–H groups in total. The van der Waals surface area contributed by atoms with Crippen LogP contribution in [-0.2, 0) is 9.53 Å². The van der Waals surface area contributed by atoms with Crippen LogP contribution in [0.2, 0.25) is 0 Å². The standard InChI is InChI=1S/C14H25NO3/c1-2-14(13(16)17)5-7-15(8-6-14)11-12-3-9-18-10-4-12/h12H,2-11H2,1H3,(H,16,17). The normalized spacial score (nSPS) is 26.1. The Bertz CT molecular complexity index is 279. The third-order valence-electron chi connectivity index (χ3n) is 4.80. The van der Waals surface area contributed by atoms with Crippen molar-refractivity contribution in [3.63, 3.8) is 0 Å². The number of carbonyl (C=O) groups is 1. The number of hydrogen-bond acceptors (Lipinski definition) is 3. The molecular formula is C14H25NO3. The first kappa shape index (κ1) is 13.8. The summed E-state index contributed by atoms with van der Waals surface area (Å²) in [5, 5.41) is 9.36. The van der Waals surface area contributed by atoms with Gasteiger partial charge in [-0.05, 0) is 51.1 Å². The molecule has 0 bridgehead atoms. The lowest BCUT2D eigenvalue weighted by atomic mass is 9.76. The van der Waals surface area contributed by atoms with E-state index in [0.29, 0.717) is 0 Å². The Labute approximate surface area is 109 Å². The van der Waals surface area contributed by atoms with Crippen LogP contribution in [0.25, 0.3) is 0 Å². The van der Waals surface area contributed by atoms with Crippen LogP contribution in [0.3, 0.4) is 0 Å². The fourth-order valence-electron chi connectivity index (χ4n) is 3.18. The number of carboxylic acids is 1. The topological polar surface area (TPSA) is 49.8 Å². The predicted octanol–water partition coefficient (Wildman–Crippen LogP) is 1.99. The fraction of sp³-hybridized carbons (Fsp3) is 0.929. The molecule has 2 rings (SSSR count). The van der Waals surface area contributed by atoms with Crippen molar-refractivity contribution in [1.29, 1.82) is 0 Å². The van der Waals surface area contributed by atoms with Gasteiger partial charge in [0.15, 0.2) is 0 Å². The molecule has 2 heterocycles. The Kier molecular flexibility index (Phi) is 4.62. The van der Waals surface area contributed by atoms with E-state index < -0.39 is 11.4 Å². The fourth-order valence-corrected chi connectivity index (χ4v) is 3.18. The van der Waals surface area contributed by atoms with Crippen molar-refractivity contribution in [3.8, 4) is 0 Å². The number of hydrogen-bond donors (Lipinski definition) is 1. The first-order chi connectivity index (χ1) is 8.66. The van der Waals surface area contributed by atoms with Crippen molar-refractivity contribution in [2.45, 2.75) is 39.0 Å². The highest BCUT2D eigenvalue weighted by Gasteiger charge is 2.39. The molecule has 104 valence electrons. The van der Waals surface area contributed by atoms with Crippen LogP contribution in [0.1, 0.15) is 39.0 Å². The molecule has 0 amide bonds. The Hall–Kier alpha value is -0.610. The summed E-state index contributed by atoms with van der Waals surface area (Å²) in [6.07, 6.45) is 4.69. The molecule has 4 nitrogen and oxygen atoms in total. The van der Waals surface area contributed by atoms with Crippen molar-refractivity contribution >= 4 is 5.97 Å². The zero-order chi connectivity index (χ0) is 13.0. The van der Waals surface area contributed by atoms with E-state index in [9.17, 15) is 9.90 Å². The van der Waals surface area contributed by atoms with Gasteiger partial charge in [-0.3, -0.25) is 4.79 Å². The summed E-state index contributed by atoms with van der Waals surface area (Å²) in [5.41, 5.74) is -0.452. The van der Waals surface area contributed by atoms with E-state index in [2.05, 4.69) is 4.90 Å². The molecule has 4 heteroatoms. The molecule has 0 spiro atoms. The summed E-state index contributed by atoms with van der Waals surface area (Å²) >= 11 is 0. The Morgan fingerprint density at radius 3 is 2.44 bits per heavy atom. The highest BCUT2D eigenvalue weighted by Crippen LogP contribution is 2.35. The average Bonchev–Trinajstić information content (AvgIpc) is 2.41. The van der Waals surface area contributed by atoms with Gasteiger partial charge in [-0.2, -0.15) is 0 Å². The van der Waals surface area contributed by atoms with Gasteiger partial charge in [-0.15, -0.1) is 0 Å². The van der Waals surface area contributed by atoms with Gasteiger partial charge in [0.25, 0.3) is 0 Å². The number of aliphatic carboxylic acids is 1. The van der Waals surface area contributed by atoms with Crippen LogP contribution in [0.15, 0.2) is 0 Å². The average molecular weight is 255 g/mol. The summed E-state index contributed by atoms with van der Waals surface area (Å²) in [6, 6.07) is 0. The molecule has 0 radical (unpaired) electrons. The van der Waals surface area contributed by atoms with E-state index >= 15 is 0 Å². The van der Waals surface area contributed by atoms with Crippen molar-refractivity contribution in [1.82, 2.24) is 4.90 Å². The number of piperidine rings is 1. The van der Waals surface area contributed by atoms with Gasteiger partial charge in [0.05, 0.1) is 5.41 Å². The second kappa shape index (κ2) is 6.02. The number of likely N-dealkylation sites (tertiary alicyclic amines) is 1. The Morgan fingerprint density at radius 2 is 1.94 bits per heavy atom. The van der Waals surface area contributed by atoms with E-state index in [1.807, 2.05) is 6.92 Å². The second-order valence-corrected chi connectivity index (χ2v) is 5.80. The quantitative estimate of drug-likeness (QED) is 0.834. The zero-order valence-corrected chi connectivity index (χ0v) is 11.4. The first-order valence-corrected chi connectivity index (χ1v) is 7.20. The third kappa shape index (κ3) is 3.04. The van der Waals surface area contributed by atoms with Crippen molar-refractivity contribution in [2.24, 2.45) is 11.3 Å². The molecule has 0 saturated carbocycles. The third-order valence-corrected chi connectivity index (χ3v) is 4.80. The lowest BCUT2D eigenvalue weighted by Crippen LogP contribution is -2.45. The highest BCUT2D eigenvalue weighted by atomic mass is 16.5. The molecule has 2 fully saturated rings. The van der Waals surface area contributed by atoms with Crippen molar-refractivity contribution in [2.75, 3.05) is 32.8 Å². The van der Waals surface area contributed by atoms with Crippen LogP contribution in [0.5, 0.6) is 0 Å². The minimum Gasteiger partial charge on any atom is -0.481 e. The van der Waals surface area contributed by atoms with Gasteiger partial charge in [0.2, 0.25) is 0 Å². The molecule has 0 atom stereocenters. The van der Waals surface area contributed by atoms with E-state index in [0.717, 1.165) is 70.9 Å². The van der Waals surface area contributed by atoms with Gasteiger partial charge >= 0.3 is 5.97 Å². The van der Waals surface area contributed by atoms with Gasteiger partial charge < -0.3 is 14.7 Å². The van der Waals surface area contributed by atoms with E-state index in [1.165, 1.54) is 0 Å². The Balaban J connectivity index is 1.80. The summed E-state index contributed by atoms with van der Waals surface area (Å²) in [5.74, 6) is 0.147. The molecule has 2 aliphatic heterocycles. The highest BCUT2D eigenvalue weighted by molar-refractivity contribution is 5.74. The molecule has 0 aliphatic carbocycles. The molecule has 0 aromatic rings. The molecular weight excluding hydrogens is 230 g/mol. The molecule has 2 saturated heterocycles. The molecule has 18 heavy (non-hydrogen) atoms. The minimum absolute atomic E-state index is 0.452. The first-order valence-electron chi connectivity index (χ1n) is 7.20. The molecule has 0 unspecified atom stereocenters. The van der Waals surface area contributed by atoms with Crippen LogP contribution in [0.4, 0.5) is 0 Å². The zero-order valence-electron chi connectivity index (χ0n) is 11.4. The maximum Gasteiger partial charge on any atom is 0.309 e. The Morgan fingerprint density at radius 1 is 1.33 bits per heavy atom.